The molecule has 0 spiro atoms. The summed E-state index contributed by atoms with van der Waals surface area (Å²) in [5, 5.41) is 9.03. The van der Waals surface area contributed by atoms with Gasteiger partial charge in [0.05, 0.1) is 16.6 Å². The number of nitrogens with one attached hydrogen (secondary N) is 1. The SMILES string of the molecule is CCC1(c2nc3ccc(C(=O)O)cc3[nH]2)CCCC1. The normalized spacial score (nSPS) is 17.9. The fourth-order valence-electron chi connectivity index (χ4n) is 3.20. The van der Waals surface area contributed by atoms with Crippen LogP contribution in [-0.4, -0.2) is 21.0 Å². The highest BCUT2D eigenvalue weighted by Gasteiger charge is 2.36. The number of aromatic amines is 1. The number of hydrogen-bond acceptors (Lipinski definition) is 2. The summed E-state index contributed by atoms with van der Waals surface area (Å²) in [5.41, 5.74) is 2.16. The molecule has 4 heteroatoms. The molecule has 0 aliphatic heterocycles. The van der Waals surface area contributed by atoms with Crippen LogP contribution < -0.4 is 0 Å². The van der Waals surface area contributed by atoms with E-state index in [-0.39, 0.29) is 5.41 Å². The quantitative estimate of drug-likeness (QED) is 0.885. The first-order chi connectivity index (χ1) is 9.14. The predicted octanol–water partition coefficient (Wildman–Crippen LogP) is 3.48. The van der Waals surface area contributed by atoms with Gasteiger partial charge in [-0.1, -0.05) is 19.8 Å². The molecular weight excluding hydrogens is 240 g/mol. The molecule has 1 saturated carbocycles. The van der Waals surface area contributed by atoms with Gasteiger partial charge in [0.25, 0.3) is 0 Å². The van der Waals surface area contributed by atoms with Crippen molar-refractivity contribution in [1.29, 1.82) is 0 Å². The maximum atomic E-state index is 11.0. The third-order valence-electron chi connectivity index (χ3n) is 4.47. The van der Waals surface area contributed by atoms with E-state index in [0.29, 0.717) is 5.56 Å². The summed E-state index contributed by atoms with van der Waals surface area (Å²) in [5.74, 6) is 0.133. The number of nitrogens with zero attached hydrogens (tertiary/aromatic N) is 1. The molecule has 1 aromatic carbocycles. The van der Waals surface area contributed by atoms with Gasteiger partial charge in [0.2, 0.25) is 0 Å². The first kappa shape index (κ1) is 12.2. The molecule has 2 aromatic rings. The van der Waals surface area contributed by atoms with E-state index < -0.39 is 5.97 Å². The average Bonchev–Trinajstić information content (AvgIpc) is 3.04. The van der Waals surface area contributed by atoms with Gasteiger partial charge in [-0.2, -0.15) is 0 Å². The van der Waals surface area contributed by atoms with Crippen molar-refractivity contribution in [3.05, 3.63) is 29.6 Å². The zero-order valence-electron chi connectivity index (χ0n) is 11.1. The molecule has 1 aliphatic rings. The van der Waals surface area contributed by atoms with Crippen molar-refractivity contribution in [3.8, 4) is 0 Å². The van der Waals surface area contributed by atoms with Crippen LogP contribution in [-0.2, 0) is 5.41 Å². The number of rotatable bonds is 3. The summed E-state index contributed by atoms with van der Waals surface area (Å²) in [6.45, 7) is 2.21. The van der Waals surface area contributed by atoms with E-state index in [2.05, 4.69) is 16.9 Å². The van der Waals surface area contributed by atoms with Crippen molar-refractivity contribution in [1.82, 2.24) is 9.97 Å². The Kier molecular flexibility index (Phi) is 2.81. The zero-order chi connectivity index (χ0) is 13.5. The lowest BCUT2D eigenvalue weighted by Gasteiger charge is -2.24. The molecule has 0 amide bonds. The smallest absolute Gasteiger partial charge is 0.335 e. The van der Waals surface area contributed by atoms with Gasteiger partial charge in [-0.05, 0) is 37.5 Å². The highest BCUT2D eigenvalue weighted by atomic mass is 16.4. The second-order valence-corrected chi connectivity index (χ2v) is 5.46. The van der Waals surface area contributed by atoms with Crippen LogP contribution in [0.4, 0.5) is 0 Å². The van der Waals surface area contributed by atoms with Crippen LogP contribution in [0.15, 0.2) is 18.2 Å². The second kappa shape index (κ2) is 4.37. The van der Waals surface area contributed by atoms with Crippen LogP contribution in [0.25, 0.3) is 11.0 Å². The topological polar surface area (TPSA) is 66.0 Å². The molecule has 1 fully saturated rings. The number of carbonyl (C=O) groups is 1. The zero-order valence-corrected chi connectivity index (χ0v) is 11.1. The Labute approximate surface area is 111 Å². The first-order valence-electron chi connectivity index (χ1n) is 6.88. The van der Waals surface area contributed by atoms with E-state index in [4.69, 9.17) is 5.11 Å². The Morgan fingerprint density at radius 2 is 2.16 bits per heavy atom. The molecule has 1 aromatic heterocycles. The standard InChI is InChI=1S/C15H18N2O2/c1-2-15(7-3-4-8-15)14-16-11-6-5-10(13(18)19)9-12(11)17-14/h5-6,9H,2-4,7-8H2,1H3,(H,16,17)(H,18,19). The predicted molar refractivity (Wildman–Crippen MR) is 73.5 cm³/mol. The maximum absolute atomic E-state index is 11.0. The van der Waals surface area contributed by atoms with E-state index in [1.807, 2.05) is 0 Å². The number of aromatic nitrogens is 2. The maximum Gasteiger partial charge on any atom is 0.335 e. The molecule has 1 aliphatic carbocycles. The largest absolute Gasteiger partial charge is 0.478 e. The third-order valence-corrected chi connectivity index (χ3v) is 4.47. The molecule has 0 saturated heterocycles. The molecule has 4 nitrogen and oxygen atoms in total. The average molecular weight is 258 g/mol. The summed E-state index contributed by atoms with van der Waals surface area (Å²) in [6, 6.07) is 5.08. The van der Waals surface area contributed by atoms with Gasteiger partial charge in [-0.15, -0.1) is 0 Å². The summed E-state index contributed by atoms with van der Waals surface area (Å²) < 4.78 is 0. The van der Waals surface area contributed by atoms with Crippen LogP contribution in [0.1, 0.15) is 55.2 Å². The number of H-pyrrole nitrogens is 1. The minimum atomic E-state index is -0.899. The van der Waals surface area contributed by atoms with E-state index in [9.17, 15) is 4.79 Å². The van der Waals surface area contributed by atoms with E-state index in [0.717, 1.165) is 23.3 Å². The third kappa shape index (κ3) is 1.91. The minimum Gasteiger partial charge on any atom is -0.478 e. The van der Waals surface area contributed by atoms with Gasteiger partial charge in [-0.3, -0.25) is 0 Å². The molecule has 2 N–H and O–H groups in total. The summed E-state index contributed by atoms with van der Waals surface area (Å²) >= 11 is 0. The molecule has 0 atom stereocenters. The van der Waals surface area contributed by atoms with Crippen LogP contribution in [0, 0.1) is 0 Å². The Balaban J connectivity index is 2.08. The fraction of sp³-hybridized carbons (Fsp3) is 0.467. The molecule has 0 unspecified atom stereocenters. The highest BCUT2D eigenvalue weighted by Crippen LogP contribution is 2.42. The Bertz CT molecular complexity index is 624. The van der Waals surface area contributed by atoms with E-state index in [1.165, 1.54) is 25.7 Å². The van der Waals surface area contributed by atoms with Crippen molar-refractivity contribution >= 4 is 17.0 Å². The minimum absolute atomic E-state index is 0.169. The Morgan fingerprint density at radius 1 is 1.42 bits per heavy atom. The van der Waals surface area contributed by atoms with Crippen LogP contribution in [0.3, 0.4) is 0 Å². The number of carboxylic acid groups (broad SMARTS) is 1. The van der Waals surface area contributed by atoms with Gasteiger partial charge < -0.3 is 10.1 Å². The lowest BCUT2D eigenvalue weighted by molar-refractivity contribution is 0.0697. The van der Waals surface area contributed by atoms with Gasteiger partial charge in [0.1, 0.15) is 5.82 Å². The lowest BCUT2D eigenvalue weighted by atomic mass is 9.83. The van der Waals surface area contributed by atoms with Gasteiger partial charge in [-0.25, -0.2) is 9.78 Å². The monoisotopic (exact) mass is 258 g/mol. The van der Waals surface area contributed by atoms with Crippen molar-refractivity contribution in [3.63, 3.8) is 0 Å². The second-order valence-electron chi connectivity index (χ2n) is 5.46. The first-order valence-corrected chi connectivity index (χ1v) is 6.88. The molecular formula is C15H18N2O2. The number of imidazole rings is 1. The van der Waals surface area contributed by atoms with Crippen molar-refractivity contribution in [2.45, 2.75) is 44.4 Å². The number of carboxylic acids is 1. The summed E-state index contributed by atoms with van der Waals surface area (Å²) in [4.78, 5) is 19.0. The lowest BCUT2D eigenvalue weighted by Crippen LogP contribution is -2.22. The number of benzene rings is 1. The van der Waals surface area contributed by atoms with Crippen LogP contribution in [0.5, 0.6) is 0 Å². The molecule has 19 heavy (non-hydrogen) atoms. The number of fused-ring (bicyclic) bond motifs is 1. The van der Waals surface area contributed by atoms with Gasteiger partial charge in [0.15, 0.2) is 0 Å². The number of aromatic carboxylic acids is 1. The van der Waals surface area contributed by atoms with E-state index in [1.54, 1.807) is 18.2 Å². The molecule has 100 valence electrons. The fourth-order valence-corrected chi connectivity index (χ4v) is 3.20. The Morgan fingerprint density at radius 3 is 2.79 bits per heavy atom. The Hall–Kier alpha value is -1.84. The highest BCUT2D eigenvalue weighted by molar-refractivity contribution is 5.92. The van der Waals surface area contributed by atoms with Gasteiger partial charge in [0, 0.05) is 5.41 Å². The van der Waals surface area contributed by atoms with E-state index >= 15 is 0 Å². The van der Waals surface area contributed by atoms with Crippen molar-refractivity contribution in [2.75, 3.05) is 0 Å². The van der Waals surface area contributed by atoms with Crippen LogP contribution >= 0.6 is 0 Å². The van der Waals surface area contributed by atoms with Crippen LogP contribution in [0.2, 0.25) is 0 Å². The molecule has 1 heterocycles. The molecule has 0 radical (unpaired) electrons. The summed E-state index contributed by atoms with van der Waals surface area (Å²) in [6.07, 6.45) is 5.94. The van der Waals surface area contributed by atoms with Gasteiger partial charge >= 0.3 is 5.97 Å². The number of hydrogen-bond donors (Lipinski definition) is 2. The van der Waals surface area contributed by atoms with Crippen molar-refractivity contribution < 1.29 is 9.90 Å². The molecule has 0 bridgehead atoms. The summed E-state index contributed by atoms with van der Waals surface area (Å²) in [7, 11) is 0. The van der Waals surface area contributed by atoms with Crippen molar-refractivity contribution in [2.24, 2.45) is 0 Å². The molecule has 3 rings (SSSR count).